The van der Waals surface area contributed by atoms with E-state index in [0.29, 0.717) is 5.92 Å². The van der Waals surface area contributed by atoms with E-state index >= 15 is 0 Å². The molecular formula is C18H25FN2O. The lowest BCUT2D eigenvalue weighted by atomic mass is 10.0. The van der Waals surface area contributed by atoms with Gasteiger partial charge >= 0.3 is 0 Å². The van der Waals surface area contributed by atoms with E-state index in [-0.39, 0.29) is 11.5 Å². The van der Waals surface area contributed by atoms with Crippen molar-refractivity contribution in [1.82, 2.24) is 9.55 Å². The summed E-state index contributed by atoms with van der Waals surface area (Å²) in [5.41, 5.74) is 4.29. The second kappa shape index (κ2) is 7.87. The molecule has 0 aromatic carbocycles. The maximum Gasteiger partial charge on any atom is 0.250 e. The Morgan fingerprint density at radius 3 is 2.32 bits per heavy atom. The van der Waals surface area contributed by atoms with Gasteiger partial charge in [0.05, 0.1) is 0 Å². The van der Waals surface area contributed by atoms with Gasteiger partial charge in [-0.2, -0.15) is 4.39 Å². The third-order valence-electron chi connectivity index (χ3n) is 3.78. The molecule has 22 heavy (non-hydrogen) atoms. The van der Waals surface area contributed by atoms with Gasteiger partial charge in [0.2, 0.25) is 11.5 Å². The van der Waals surface area contributed by atoms with Gasteiger partial charge in [0.1, 0.15) is 0 Å². The van der Waals surface area contributed by atoms with Crippen LogP contribution in [0.4, 0.5) is 4.39 Å². The largest absolute Gasteiger partial charge is 0.316 e. The molecule has 120 valence electrons. The van der Waals surface area contributed by atoms with Gasteiger partial charge in [-0.25, -0.2) is 4.98 Å². The average molecular weight is 304 g/mol. The predicted octanol–water partition coefficient (Wildman–Crippen LogP) is 3.91. The lowest BCUT2D eigenvalue weighted by molar-refractivity contribution is 0.576. The van der Waals surface area contributed by atoms with Gasteiger partial charge in [-0.1, -0.05) is 32.9 Å². The fourth-order valence-electron chi connectivity index (χ4n) is 2.26. The number of halogens is 1. The number of pyridine rings is 2. The molecule has 0 fully saturated rings. The molecule has 0 aliphatic rings. The van der Waals surface area contributed by atoms with Crippen molar-refractivity contribution in [3.63, 3.8) is 0 Å². The first-order valence-electron chi connectivity index (χ1n) is 7.56. The van der Waals surface area contributed by atoms with Crippen LogP contribution in [0.25, 0.3) is 0 Å². The van der Waals surface area contributed by atoms with Crippen molar-refractivity contribution in [2.45, 2.75) is 47.0 Å². The van der Waals surface area contributed by atoms with Crippen LogP contribution in [0.2, 0.25) is 0 Å². The molecule has 0 aliphatic heterocycles. The Labute approximate surface area is 131 Å². The molecule has 0 radical (unpaired) electrons. The van der Waals surface area contributed by atoms with E-state index < -0.39 is 0 Å². The number of nitrogens with zero attached hydrogens (tertiary/aromatic N) is 2. The predicted molar refractivity (Wildman–Crippen MR) is 88.8 cm³/mol. The normalized spacial score (nSPS) is 10.4. The first kappa shape index (κ1) is 18.1. The molecule has 0 amide bonds. The molecule has 0 unspecified atom stereocenters. The Bertz CT molecular complexity index is 690. The number of hydrogen-bond acceptors (Lipinski definition) is 2. The van der Waals surface area contributed by atoms with Crippen LogP contribution in [-0.2, 0) is 13.5 Å². The second-order valence-electron chi connectivity index (χ2n) is 5.68. The highest BCUT2D eigenvalue weighted by molar-refractivity contribution is 5.22. The highest BCUT2D eigenvalue weighted by Gasteiger charge is 2.05. The highest BCUT2D eigenvalue weighted by Crippen LogP contribution is 2.15. The molecule has 0 atom stereocenters. The van der Waals surface area contributed by atoms with E-state index in [1.54, 1.807) is 16.7 Å². The summed E-state index contributed by atoms with van der Waals surface area (Å²) in [6.07, 6.45) is 0.795. The maximum absolute atomic E-state index is 12.4. The zero-order valence-corrected chi connectivity index (χ0v) is 14.3. The monoisotopic (exact) mass is 304 g/mol. The van der Waals surface area contributed by atoms with Crippen LogP contribution in [0.5, 0.6) is 0 Å². The fraction of sp³-hybridized carbons (Fsp3) is 0.444. The number of hydrogen-bond donors (Lipinski definition) is 0. The van der Waals surface area contributed by atoms with Gasteiger partial charge in [-0.15, -0.1) is 0 Å². The van der Waals surface area contributed by atoms with Crippen molar-refractivity contribution >= 4 is 0 Å². The lowest BCUT2D eigenvalue weighted by Gasteiger charge is -2.12. The summed E-state index contributed by atoms with van der Waals surface area (Å²) >= 11 is 0. The summed E-state index contributed by atoms with van der Waals surface area (Å²) in [7, 11) is 1.81. The quantitative estimate of drug-likeness (QED) is 0.788. The Kier molecular flexibility index (Phi) is 6.47. The maximum atomic E-state index is 12.4. The van der Waals surface area contributed by atoms with Crippen LogP contribution in [0, 0.1) is 19.8 Å². The van der Waals surface area contributed by atoms with E-state index in [1.807, 2.05) is 33.9 Å². The van der Waals surface area contributed by atoms with Crippen molar-refractivity contribution in [3.8, 4) is 0 Å². The Morgan fingerprint density at radius 1 is 1.18 bits per heavy atom. The molecule has 2 aromatic heterocycles. The molecular weight excluding hydrogens is 279 g/mol. The summed E-state index contributed by atoms with van der Waals surface area (Å²) in [4.78, 5) is 14.9. The minimum Gasteiger partial charge on any atom is -0.316 e. The number of aromatic nitrogens is 2. The molecule has 4 heteroatoms. The van der Waals surface area contributed by atoms with Crippen LogP contribution < -0.4 is 5.56 Å². The first-order valence-corrected chi connectivity index (χ1v) is 7.56. The molecule has 0 saturated carbocycles. The van der Waals surface area contributed by atoms with Crippen molar-refractivity contribution < 1.29 is 4.39 Å². The van der Waals surface area contributed by atoms with Gasteiger partial charge < -0.3 is 4.57 Å². The van der Waals surface area contributed by atoms with Gasteiger partial charge in [-0.05, 0) is 43.4 Å². The standard InChI is InChI=1S/C10H15NO.C8H10FN/c1-7(2)9-5-6-10(12)11(4)8(9)3;1-3-7-6(2)4-5-8(9)10-7/h5-7H,1-4H3;4-5H,3H2,1-2H3. The molecule has 3 nitrogen and oxygen atoms in total. The smallest absolute Gasteiger partial charge is 0.250 e. The Hall–Kier alpha value is -1.97. The van der Waals surface area contributed by atoms with Gasteiger partial charge in [0, 0.05) is 24.5 Å². The van der Waals surface area contributed by atoms with Crippen molar-refractivity contribution in [3.05, 3.63) is 63.1 Å². The van der Waals surface area contributed by atoms with E-state index in [4.69, 9.17) is 0 Å². The molecule has 2 aromatic rings. The third kappa shape index (κ3) is 4.52. The summed E-state index contributed by atoms with van der Waals surface area (Å²) in [6, 6.07) is 6.68. The summed E-state index contributed by atoms with van der Waals surface area (Å²) in [6.45, 7) is 10.1. The van der Waals surface area contributed by atoms with Crippen LogP contribution in [0.1, 0.15) is 49.2 Å². The van der Waals surface area contributed by atoms with Gasteiger partial charge in [0.15, 0.2) is 0 Å². The fourth-order valence-corrected chi connectivity index (χ4v) is 2.26. The number of rotatable bonds is 2. The van der Waals surface area contributed by atoms with E-state index in [2.05, 4.69) is 18.8 Å². The SMILES string of the molecule is CCc1nc(F)ccc1C.Cc1c(C(C)C)ccc(=O)n1C. The summed E-state index contributed by atoms with van der Waals surface area (Å²) in [5.74, 6) is 0.0965. The van der Waals surface area contributed by atoms with Crippen LogP contribution in [0.15, 0.2) is 29.1 Å². The molecule has 2 heterocycles. The van der Waals surface area contributed by atoms with Crippen LogP contribution >= 0.6 is 0 Å². The molecule has 0 bridgehead atoms. The van der Waals surface area contributed by atoms with Crippen molar-refractivity contribution in [1.29, 1.82) is 0 Å². The van der Waals surface area contributed by atoms with Crippen LogP contribution in [-0.4, -0.2) is 9.55 Å². The second-order valence-corrected chi connectivity index (χ2v) is 5.68. The Morgan fingerprint density at radius 2 is 1.82 bits per heavy atom. The number of aryl methyl sites for hydroxylation is 2. The van der Waals surface area contributed by atoms with E-state index in [0.717, 1.165) is 23.4 Å². The molecule has 0 saturated heterocycles. The molecule has 2 rings (SSSR count). The molecule has 0 spiro atoms. The zero-order valence-electron chi connectivity index (χ0n) is 14.3. The average Bonchev–Trinajstić information content (AvgIpc) is 2.47. The zero-order chi connectivity index (χ0) is 16.9. The van der Waals surface area contributed by atoms with E-state index in [1.165, 1.54) is 11.6 Å². The summed E-state index contributed by atoms with van der Waals surface area (Å²) < 4.78 is 14.1. The van der Waals surface area contributed by atoms with Crippen LogP contribution in [0.3, 0.4) is 0 Å². The minimum atomic E-state index is -0.387. The summed E-state index contributed by atoms with van der Waals surface area (Å²) in [5, 5.41) is 0. The molecule has 0 aliphatic carbocycles. The molecule has 0 N–H and O–H groups in total. The minimum absolute atomic E-state index is 0.0666. The van der Waals surface area contributed by atoms with Crippen molar-refractivity contribution in [2.24, 2.45) is 7.05 Å². The van der Waals surface area contributed by atoms with Crippen molar-refractivity contribution in [2.75, 3.05) is 0 Å². The third-order valence-corrected chi connectivity index (χ3v) is 3.78. The topological polar surface area (TPSA) is 34.9 Å². The Balaban J connectivity index is 0.000000224. The van der Waals surface area contributed by atoms with E-state index in [9.17, 15) is 9.18 Å². The van der Waals surface area contributed by atoms with Gasteiger partial charge in [-0.3, -0.25) is 4.79 Å². The lowest BCUT2D eigenvalue weighted by Crippen LogP contribution is -2.19. The first-order chi connectivity index (χ1) is 10.3. The van der Waals surface area contributed by atoms with Gasteiger partial charge in [0.25, 0.3) is 0 Å². The highest BCUT2D eigenvalue weighted by atomic mass is 19.1.